The van der Waals surface area contributed by atoms with E-state index in [2.05, 4.69) is 10.2 Å². The Labute approximate surface area is 219 Å². The lowest BCUT2D eigenvalue weighted by Gasteiger charge is -2.19. The number of fused-ring (bicyclic) bond motifs is 1. The fourth-order valence-electron chi connectivity index (χ4n) is 6.28. The first-order valence-electron chi connectivity index (χ1n) is 12.3. The molecule has 6 rings (SSSR count). The SMILES string of the molecule is CC1=NN(c2ccc(C)cc2)C(=O)[C@@]12C(c1cccc([N+](=O)[O-])c1)[C@@]21C(=O)N(c2ccc(C)cc2)N=C1C. The van der Waals surface area contributed by atoms with E-state index in [1.807, 2.05) is 62.4 Å². The number of hydrazone groups is 2. The summed E-state index contributed by atoms with van der Waals surface area (Å²) in [7, 11) is 0. The molecule has 0 aromatic heterocycles. The van der Waals surface area contributed by atoms with Crippen LogP contribution < -0.4 is 10.0 Å². The van der Waals surface area contributed by atoms with Gasteiger partial charge in [0.2, 0.25) is 0 Å². The van der Waals surface area contributed by atoms with Crippen molar-refractivity contribution in [2.45, 2.75) is 33.6 Å². The monoisotopic (exact) mass is 507 g/mol. The molecule has 2 atom stereocenters. The molecule has 1 saturated carbocycles. The lowest BCUT2D eigenvalue weighted by atomic mass is 9.85. The Hall–Kier alpha value is -4.66. The predicted octanol–water partition coefficient (Wildman–Crippen LogP) is 5.13. The number of aryl methyl sites for hydroxylation is 2. The maximum atomic E-state index is 14.4. The largest absolute Gasteiger partial charge is 0.271 e. The third kappa shape index (κ3) is 2.87. The van der Waals surface area contributed by atoms with Crippen LogP contribution in [0.4, 0.5) is 17.1 Å². The number of amides is 2. The summed E-state index contributed by atoms with van der Waals surface area (Å²) in [6, 6.07) is 21.0. The van der Waals surface area contributed by atoms with E-state index in [4.69, 9.17) is 0 Å². The topological polar surface area (TPSA) is 108 Å². The van der Waals surface area contributed by atoms with Gasteiger partial charge in [-0.25, -0.2) is 0 Å². The van der Waals surface area contributed by atoms with Crippen LogP contribution in [0.15, 0.2) is 83.0 Å². The van der Waals surface area contributed by atoms with Gasteiger partial charge in [-0.1, -0.05) is 47.5 Å². The third-order valence-corrected chi connectivity index (χ3v) is 8.08. The highest BCUT2D eigenvalue weighted by atomic mass is 16.6. The second-order valence-corrected chi connectivity index (χ2v) is 10.2. The van der Waals surface area contributed by atoms with Gasteiger partial charge in [-0.05, 0) is 57.5 Å². The first-order valence-corrected chi connectivity index (χ1v) is 12.3. The molecule has 0 radical (unpaired) electrons. The fourth-order valence-corrected chi connectivity index (χ4v) is 6.28. The summed E-state index contributed by atoms with van der Waals surface area (Å²) in [6.07, 6.45) is 0. The molecular formula is C29H25N5O4. The summed E-state index contributed by atoms with van der Waals surface area (Å²) in [5.41, 5.74) is 1.94. The smallest absolute Gasteiger partial charge is 0.269 e. The maximum absolute atomic E-state index is 14.4. The Bertz CT molecular complexity index is 1500. The summed E-state index contributed by atoms with van der Waals surface area (Å²) >= 11 is 0. The van der Waals surface area contributed by atoms with E-state index in [0.717, 1.165) is 11.1 Å². The first-order chi connectivity index (χ1) is 18.1. The molecule has 0 saturated heterocycles. The number of anilines is 2. The molecule has 1 aliphatic carbocycles. The lowest BCUT2D eigenvalue weighted by molar-refractivity contribution is -0.384. The van der Waals surface area contributed by atoms with Gasteiger partial charge in [-0.15, -0.1) is 0 Å². The van der Waals surface area contributed by atoms with Crippen LogP contribution in [0.5, 0.6) is 0 Å². The summed E-state index contributed by atoms with van der Waals surface area (Å²) in [5.74, 6) is -1.39. The van der Waals surface area contributed by atoms with Crippen molar-refractivity contribution in [2.24, 2.45) is 21.0 Å². The van der Waals surface area contributed by atoms with E-state index >= 15 is 0 Å². The number of rotatable bonds is 4. The van der Waals surface area contributed by atoms with E-state index in [1.165, 1.54) is 22.2 Å². The van der Waals surface area contributed by atoms with E-state index in [0.29, 0.717) is 28.4 Å². The van der Waals surface area contributed by atoms with Crippen molar-refractivity contribution in [1.29, 1.82) is 0 Å². The number of hydrogen-bond acceptors (Lipinski definition) is 6. The van der Waals surface area contributed by atoms with Gasteiger partial charge in [0.25, 0.3) is 17.5 Å². The molecule has 2 aliphatic heterocycles. The standard InChI is InChI=1S/C29H25N5O4/c1-17-8-12-22(13-9-17)32-26(35)28(19(3)30-32)25(21-6-5-7-24(16-21)34(37)38)29(28)20(4)31-33(27(29)36)23-14-10-18(2)11-15-23/h5-16,25H,1-4H3/t28-,29-/m0/s1. The Morgan fingerprint density at radius 1 is 0.737 bits per heavy atom. The van der Waals surface area contributed by atoms with Gasteiger partial charge in [0.05, 0.1) is 27.7 Å². The minimum Gasteiger partial charge on any atom is -0.271 e. The lowest BCUT2D eigenvalue weighted by Crippen LogP contribution is -2.40. The quantitative estimate of drug-likeness (QED) is 0.360. The molecule has 9 nitrogen and oxygen atoms in total. The number of nitro benzene ring substituents is 1. The van der Waals surface area contributed by atoms with E-state index < -0.39 is 21.7 Å². The molecule has 3 aromatic rings. The highest BCUT2D eigenvalue weighted by Crippen LogP contribution is 2.79. The van der Waals surface area contributed by atoms with Gasteiger partial charge in [-0.3, -0.25) is 19.7 Å². The molecule has 3 aliphatic rings. The third-order valence-electron chi connectivity index (χ3n) is 8.08. The minimum atomic E-state index is -1.35. The van der Waals surface area contributed by atoms with Crippen molar-refractivity contribution in [3.05, 3.63) is 99.6 Å². The molecule has 3 aromatic carbocycles. The van der Waals surface area contributed by atoms with Crippen LogP contribution in [-0.2, 0) is 9.59 Å². The van der Waals surface area contributed by atoms with Crippen LogP contribution in [0, 0.1) is 34.8 Å². The van der Waals surface area contributed by atoms with Crippen LogP contribution >= 0.6 is 0 Å². The zero-order chi connectivity index (χ0) is 27.0. The summed E-state index contributed by atoms with van der Waals surface area (Å²) in [4.78, 5) is 39.9. The number of nitro groups is 1. The first kappa shape index (κ1) is 23.7. The highest BCUT2D eigenvalue weighted by Gasteiger charge is 2.91. The average Bonchev–Trinajstić information content (AvgIpc) is 3.39. The second-order valence-electron chi connectivity index (χ2n) is 10.2. The van der Waals surface area contributed by atoms with E-state index in [-0.39, 0.29) is 17.5 Å². The number of carbonyl (C=O) groups excluding carboxylic acids is 2. The molecule has 38 heavy (non-hydrogen) atoms. The molecule has 0 N–H and O–H groups in total. The van der Waals surface area contributed by atoms with Crippen molar-refractivity contribution in [3.8, 4) is 0 Å². The van der Waals surface area contributed by atoms with Gasteiger partial charge in [0.1, 0.15) is 10.8 Å². The molecule has 9 heteroatoms. The summed E-state index contributed by atoms with van der Waals surface area (Å²) < 4.78 is 0. The summed E-state index contributed by atoms with van der Waals surface area (Å²) in [5, 5.41) is 23.6. The predicted molar refractivity (Wildman–Crippen MR) is 144 cm³/mol. The van der Waals surface area contributed by atoms with Crippen LogP contribution in [0.3, 0.4) is 0 Å². The molecule has 0 unspecified atom stereocenters. The zero-order valence-corrected chi connectivity index (χ0v) is 21.4. The number of non-ortho nitro benzene ring substituents is 1. The molecular weight excluding hydrogens is 482 g/mol. The number of carbonyl (C=O) groups is 2. The molecule has 0 bridgehead atoms. The molecule has 2 amide bonds. The van der Waals surface area contributed by atoms with Crippen molar-refractivity contribution >= 4 is 40.3 Å². The molecule has 1 fully saturated rings. The number of nitrogens with zero attached hydrogens (tertiary/aromatic N) is 5. The van der Waals surface area contributed by atoms with Crippen LogP contribution in [-0.4, -0.2) is 28.2 Å². The van der Waals surface area contributed by atoms with Crippen molar-refractivity contribution < 1.29 is 14.5 Å². The van der Waals surface area contributed by atoms with E-state index in [1.54, 1.807) is 26.0 Å². The zero-order valence-electron chi connectivity index (χ0n) is 21.4. The number of benzene rings is 3. The average molecular weight is 508 g/mol. The van der Waals surface area contributed by atoms with Crippen molar-refractivity contribution in [2.75, 3.05) is 10.0 Å². The Morgan fingerprint density at radius 2 is 1.18 bits per heavy atom. The molecule has 2 spiro atoms. The van der Waals surface area contributed by atoms with E-state index in [9.17, 15) is 19.7 Å². The van der Waals surface area contributed by atoms with Gasteiger partial charge in [-0.2, -0.15) is 20.2 Å². The second kappa shape index (κ2) is 7.92. The molecule has 2 heterocycles. The Balaban J connectivity index is 1.53. The van der Waals surface area contributed by atoms with Crippen molar-refractivity contribution in [1.82, 2.24) is 0 Å². The van der Waals surface area contributed by atoms with Crippen LogP contribution in [0.2, 0.25) is 0 Å². The minimum absolute atomic E-state index is 0.106. The highest BCUT2D eigenvalue weighted by molar-refractivity contribution is 6.37. The Morgan fingerprint density at radius 3 is 1.61 bits per heavy atom. The fraction of sp³-hybridized carbons (Fsp3) is 0.241. The Kier molecular flexibility index (Phi) is 4.94. The van der Waals surface area contributed by atoms with Gasteiger partial charge in [0.15, 0.2) is 0 Å². The van der Waals surface area contributed by atoms with Gasteiger partial charge < -0.3 is 0 Å². The van der Waals surface area contributed by atoms with Gasteiger partial charge >= 0.3 is 0 Å². The van der Waals surface area contributed by atoms with Crippen LogP contribution in [0.1, 0.15) is 36.5 Å². The van der Waals surface area contributed by atoms with Crippen molar-refractivity contribution in [3.63, 3.8) is 0 Å². The van der Waals surface area contributed by atoms with Crippen LogP contribution in [0.25, 0.3) is 0 Å². The summed E-state index contributed by atoms with van der Waals surface area (Å²) in [6.45, 7) is 7.41. The van der Waals surface area contributed by atoms with Gasteiger partial charge in [0, 0.05) is 18.1 Å². The molecule has 190 valence electrons. The maximum Gasteiger partial charge on any atom is 0.269 e. The number of hydrogen-bond donors (Lipinski definition) is 0. The normalized spacial score (nSPS) is 25.8.